The number of benzene rings is 2. The number of ether oxygens (including phenoxy) is 1. The van der Waals surface area contributed by atoms with Gasteiger partial charge >= 0.3 is 0 Å². The number of fused-ring (bicyclic) bond motifs is 1. The topological polar surface area (TPSA) is 82.6 Å². The minimum atomic E-state index is -0.253. The van der Waals surface area contributed by atoms with E-state index in [1.54, 1.807) is 31.4 Å². The van der Waals surface area contributed by atoms with Crippen LogP contribution in [0, 0.1) is 13.8 Å². The molecule has 0 atom stereocenters. The maximum atomic E-state index is 12.9. The molecular weight excluding hydrogens is 356 g/mol. The fourth-order valence-electron chi connectivity index (χ4n) is 3.33. The Balaban J connectivity index is 1.94. The van der Waals surface area contributed by atoms with Crippen molar-refractivity contribution >= 4 is 16.8 Å². The molecule has 0 saturated carbocycles. The van der Waals surface area contributed by atoms with Crippen LogP contribution in [0.3, 0.4) is 0 Å². The summed E-state index contributed by atoms with van der Waals surface area (Å²) in [6, 6.07) is 12.6. The number of hydrogen-bond acceptors (Lipinski definition) is 4. The first-order chi connectivity index (χ1) is 13.4. The van der Waals surface area contributed by atoms with E-state index in [2.05, 4.69) is 11.1 Å². The Kier molecular flexibility index (Phi) is 5.80. The number of H-pyrrole nitrogens is 1. The fourth-order valence-corrected chi connectivity index (χ4v) is 3.33. The van der Waals surface area contributed by atoms with Crippen LogP contribution in [0.4, 0.5) is 0 Å². The summed E-state index contributed by atoms with van der Waals surface area (Å²) in [5.74, 6) is 0.402. The van der Waals surface area contributed by atoms with Crippen LogP contribution in [0.5, 0.6) is 5.75 Å². The maximum absolute atomic E-state index is 12.9. The Morgan fingerprint density at radius 1 is 1.14 bits per heavy atom. The molecule has 0 unspecified atom stereocenters. The molecule has 3 rings (SSSR count). The number of carbonyl (C=O) groups excluding carboxylic acids is 1. The van der Waals surface area contributed by atoms with Gasteiger partial charge in [-0.1, -0.05) is 6.07 Å². The third-order valence-corrected chi connectivity index (χ3v) is 4.74. The van der Waals surface area contributed by atoms with Crippen LogP contribution in [0.15, 0.2) is 47.3 Å². The number of nitrogens with one attached hydrogen (secondary N) is 1. The van der Waals surface area contributed by atoms with Gasteiger partial charge in [-0.3, -0.25) is 9.59 Å². The molecular formula is C22H24N2O4. The fraction of sp³-hybridized carbons (Fsp3) is 0.273. The summed E-state index contributed by atoms with van der Waals surface area (Å²) in [7, 11) is 1.56. The Morgan fingerprint density at radius 3 is 2.50 bits per heavy atom. The molecule has 0 spiro atoms. The Labute approximate surface area is 163 Å². The predicted octanol–water partition coefficient (Wildman–Crippen LogP) is 2.79. The van der Waals surface area contributed by atoms with Crippen molar-refractivity contribution < 1.29 is 14.6 Å². The zero-order chi connectivity index (χ0) is 20.3. The van der Waals surface area contributed by atoms with Crippen molar-refractivity contribution in [2.75, 3.05) is 20.3 Å². The van der Waals surface area contributed by atoms with Gasteiger partial charge in [0, 0.05) is 28.6 Å². The van der Waals surface area contributed by atoms with Gasteiger partial charge in [0.05, 0.1) is 20.3 Å². The molecule has 1 amide bonds. The number of carbonyl (C=O) groups is 1. The highest BCUT2D eigenvalue weighted by molar-refractivity contribution is 5.94. The molecule has 1 aromatic heterocycles. The summed E-state index contributed by atoms with van der Waals surface area (Å²) < 4.78 is 5.12. The van der Waals surface area contributed by atoms with Crippen LogP contribution in [-0.4, -0.2) is 41.2 Å². The molecule has 2 N–H and O–H groups in total. The monoisotopic (exact) mass is 380 g/mol. The van der Waals surface area contributed by atoms with Gasteiger partial charge in [-0.05, 0) is 61.4 Å². The molecule has 0 aliphatic carbocycles. The molecule has 1 heterocycles. The molecule has 0 radical (unpaired) electrons. The summed E-state index contributed by atoms with van der Waals surface area (Å²) >= 11 is 0. The van der Waals surface area contributed by atoms with Crippen molar-refractivity contribution in [1.29, 1.82) is 0 Å². The number of aromatic amines is 1. The van der Waals surface area contributed by atoms with Crippen LogP contribution in [-0.2, 0) is 6.54 Å². The normalized spacial score (nSPS) is 10.9. The lowest BCUT2D eigenvalue weighted by Crippen LogP contribution is -2.35. The average molecular weight is 380 g/mol. The van der Waals surface area contributed by atoms with Crippen molar-refractivity contribution in [1.82, 2.24) is 9.88 Å². The quantitative estimate of drug-likeness (QED) is 0.689. The largest absolute Gasteiger partial charge is 0.497 e. The number of aromatic nitrogens is 1. The summed E-state index contributed by atoms with van der Waals surface area (Å²) in [4.78, 5) is 29.8. The van der Waals surface area contributed by atoms with Crippen molar-refractivity contribution in [2.24, 2.45) is 0 Å². The highest BCUT2D eigenvalue weighted by Crippen LogP contribution is 2.20. The molecule has 6 nitrogen and oxygen atoms in total. The molecule has 146 valence electrons. The van der Waals surface area contributed by atoms with Crippen molar-refractivity contribution in [3.8, 4) is 5.75 Å². The third kappa shape index (κ3) is 4.07. The van der Waals surface area contributed by atoms with Crippen LogP contribution in [0.2, 0.25) is 0 Å². The molecule has 6 heteroatoms. The van der Waals surface area contributed by atoms with Gasteiger partial charge < -0.3 is 19.7 Å². The maximum Gasteiger partial charge on any atom is 0.254 e. The number of amides is 1. The molecule has 0 fully saturated rings. The number of aliphatic hydroxyl groups excluding tert-OH is 1. The molecule has 0 aliphatic heterocycles. The van der Waals surface area contributed by atoms with Gasteiger partial charge in [0.15, 0.2) is 0 Å². The number of aryl methyl sites for hydroxylation is 2. The van der Waals surface area contributed by atoms with Crippen LogP contribution in [0.1, 0.15) is 27.0 Å². The highest BCUT2D eigenvalue weighted by Gasteiger charge is 2.18. The van der Waals surface area contributed by atoms with E-state index in [4.69, 9.17) is 4.74 Å². The van der Waals surface area contributed by atoms with Crippen molar-refractivity contribution in [2.45, 2.75) is 20.4 Å². The van der Waals surface area contributed by atoms with E-state index in [9.17, 15) is 14.7 Å². The molecule has 0 saturated heterocycles. The smallest absolute Gasteiger partial charge is 0.254 e. The first kappa shape index (κ1) is 19.6. The lowest BCUT2D eigenvalue weighted by atomic mass is 10.0. The number of pyridine rings is 1. The Hall–Kier alpha value is -3.12. The first-order valence-corrected chi connectivity index (χ1v) is 9.10. The van der Waals surface area contributed by atoms with Gasteiger partial charge in [-0.25, -0.2) is 0 Å². The van der Waals surface area contributed by atoms with Crippen molar-refractivity contribution in [3.05, 3.63) is 75.1 Å². The lowest BCUT2D eigenvalue weighted by molar-refractivity contribution is 0.0707. The van der Waals surface area contributed by atoms with E-state index in [1.165, 1.54) is 4.90 Å². The molecule has 0 aliphatic rings. The average Bonchev–Trinajstić information content (AvgIpc) is 2.68. The molecule has 2 aromatic carbocycles. The Morgan fingerprint density at radius 2 is 1.86 bits per heavy atom. The zero-order valence-corrected chi connectivity index (χ0v) is 16.3. The standard InChI is InChI=1S/C22H24N2O4/c1-14-10-15(2)19-12-17(21(26)23-20(19)11-14)13-24(8-9-25)22(27)16-4-6-18(28-3)7-5-16/h4-7,10-12,25H,8-9,13H2,1-3H3,(H,23,26). The van der Waals surface area contributed by atoms with E-state index in [0.717, 1.165) is 22.0 Å². The SMILES string of the molecule is COc1ccc(C(=O)N(CCO)Cc2cc3c(C)cc(C)cc3[nH]c2=O)cc1. The predicted molar refractivity (Wildman–Crippen MR) is 109 cm³/mol. The second kappa shape index (κ2) is 8.27. The number of nitrogens with zero attached hydrogens (tertiary/aromatic N) is 1. The van der Waals surface area contributed by atoms with Crippen molar-refractivity contribution in [3.63, 3.8) is 0 Å². The van der Waals surface area contributed by atoms with Gasteiger partial charge in [-0.15, -0.1) is 0 Å². The first-order valence-electron chi connectivity index (χ1n) is 9.10. The van der Waals surface area contributed by atoms with Gasteiger partial charge in [0.1, 0.15) is 5.75 Å². The minimum absolute atomic E-state index is 0.115. The summed E-state index contributed by atoms with van der Waals surface area (Å²) in [5, 5.41) is 10.4. The minimum Gasteiger partial charge on any atom is -0.497 e. The van der Waals surface area contributed by atoms with Gasteiger partial charge in [0.2, 0.25) is 0 Å². The van der Waals surface area contributed by atoms with E-state index < -0.39 is 0 Å². The summed E-state index contributed by atoms with van der Waals surface area (Å²) in [6.45, 7) is 4.03. The second-order valence-electron chi connectivity index (χ2n) is 6.85. The lowest BCUT2D eigenvalue weighted by Gasteiger charge is -2.22. The molecule has 0 bridgehead atoms. The van der Waals surface area contributed by atoms with E-state index in [-0.39, 0.29) is 31.2 Å². The molecule has 3 aromatic rings. The highest BCUT2D eigenvalue weighted by atomic mass is 16.5. The summed E-state index contributed by atoms with van der Waals surface area (Å²) in [5.41, 5.74) is 3.63. The van der Waals surface area contributed by atoms with E-state index in [0.29, 0.717) is 16.9 Å². The van der Waals surface area contributed by atoms with E-state index in [1.807, 2.05) is 26.0 Å². The van der Waals surface area contributed by atoms with Gasteiger partial charge in [-0.2, -0.15) is 0 Å². The van der Waals surface area contributed by atoms with E-state index >= 15 is 0 Å². The number of aliphatic hydroxyl groups is 1. The number of hydrogen-bond donors (Lipinski definition) is 2. The zero-order valence-electron chi connectivity index (χ0n) is 16.3. The van der Waals surface area contributed by atoms with Gasteiger partial charge in [0.25, 0.3) is 11.5 Å². The molecule has 28 heavy (non-hydrogen) atoms. The van der Waals surface area contributed by atoms with Crippen LogP contribution < -0.4 is 10.3 Å². The third-order valence-electron chi connectivity index (χ3n) is 4.74. The Bertz CT molecular complexity index is 1050. The van der Waals surface area contributed by atoms with Crippen LogP contribution in [0.25, 0.3) is 10.9 Å². The van der Waals surface area contributed by atoms with Crippen LogP contribution >= 0.6 is 0 Å². The second-order valence-corrected chi connectivity index (χ2v) is 6.85. The summed E-state index contributed by atoms with van der Waals surface area (Å²) in [6.07, 6.45) is 0. The number of rotatable bonds is 6. The number of methoxy groups -OCH3 is 1.